The van der Waals surface area contributed by atoms with Gasteiger partial charge in [-0.2, -0.15) is 0 Å². The van der Waals surface area contributed by atoms with Crippen molar-refractivity contribution in [2.24, 2.45) is 5.92 Å². The lowest BCUT2D eigenvalue weighted by Gasteiger charge is -2.31. The maximum Gasteiger partial charge on any atom is 0.227 e. The minimum Gasteiger partial charge on any atom is -0.326 e. The number of nitrogens with zero attached hydrogens (tertiary/aromatic N) is 4. The summed E-state index contributed by atoms with van der Waals surface area (Å²) in [6.45, 7) is 4.69. The topological polar surface area (TPSA) is 71.0 Å². The predicted molar refractivity (Wildman–Crippen MR) is 111 cm³/mol. The molecule has 0 unspecified atom stereocenters. The van der Waals surface area contributed by atoms with Crippen LogP contribution in [0.5, 0.6) is 0 Å². The molecular formula is C21H23N5OS. The number of rotatable bonds is 5. The number of aryl methyl sites for hydroxylation is 1. The van der Waals surface area contributed by atoms with E-state index < -0.39 is 0 Å². The number of carbonyl (C=O) groups excluding carboxylic acids is 1. The monoisotopic (exact) mass is 393 g/mol. The molecule has 1 aromatic carbocycles. The molecule has 1 amide bonds. The Morgan fingerprint density at radius 2 is 2.07 bits per heavy atom. The number of benzene rings is 1. The van der Waals surface area contributed by atoms with Crippen LogP contribution in [0.3, 0.4) is 0 Å². The summed E-state index contributed by atoms with van der Waals surface area (Å²) in [6.07, 6.45) is 5.45. The SMILES string of the molecule is Cc1nnc(-c2cccc(NC(=O)C3CCN(Cc4cccnc4)CC3)c2)s1. The molecule has 1 fully saturated rings. The second-order valence-electron chi connectivity index (χ2n) is 7.11. The molecule has 0 radical (unpaired) electrons. The van der Waals surface area contributed by atoms with Crippen molar-refractivity contribution in [3.63, 3.8) is 0 Å². The van der Waals surface area contributed by atoms with Crippen molar-refractivity contribution in [1.82, 2.24) is 20.1 Å². The maximum atomic E-state index is 12.7. The van der Waals surface area contributed by atoms with Crippen LogP contribution in [-0.2, 0) is 11.3 Å². The van der Waals surface area contributed by atoms with Crippen molar-refractivity contribution in [3.8, 4) is 10.6 Å². The van der Waals surface area contributed by atoms with E-state index >= 15 is 0 Å². The normalized spacial score (nSPS) is 15.5. The Morgan fingerprint density at radius 3 is 2.79 bits per heavy atom. The van der Waals surface area contributed by atoms with E-state index in [1.165, 1.54) is 5.56 Å². The number of likely N-dealkylation sites (tertiary alicyclic amines) is 1. The number of piperidine rings is 1. The zero-order chi connectivity index (χ0) is 19.3. The van der Waals surface area contributed by atoms with Crippen molar-refractivity contribution in [1.29, 1.82) is 0 Å². The van der Waals surface area contributed by atoms with E-state index in [4.69, 9.17) is 0 Å². The van der Waals surface area contributed by atoms with Gasteiger partial charge in [-0.15, -0.1) is 10.2 Å². The fraction of sp³-hybridized carbons (Fsp3) is 0.333. The van der Waals surface area contributed by atoms with Crippen molar-refractivity contribution < 1.29 is 4.79 Å². The smallest absolute Gasteiger partial charge is 0.227 e. The molecule has 7 heteroatoms. The average Bonchev–Trinajstić information content (AvgIpc) is 3.16. The second-order valence-corrected chi connectivity index (χ2v) is 8.29. The van der Waals surface area contributed by atoms with Crippen LogP contribution in [-0.4, -0.2) is 39.1 Å². The molecule has 0 atom stereocenters. The molecule has 1 N–H and O–H groups in total. The fourth-order valence-corrected chi connectivity index (χ4v) is 4.18. The molecule has 0 aliphatic carbocycles. The summed E-state index contributed by atoms with van der Waals surface area (Å²) in [5.41, 5.74) is 3.01. The van der Waals surface area contributed by atoms with Crippen LogP contribution >= 0.6 is 11.3 Å². The van der Waals surface area contributed by atoms with Crippen LogP contribution in [0, 0.1) is 12.8 Å². The van der Waals surface area contributed by atoms with Crippen LogP contribution in [0.1, 0.15) is 23.4 Å². The van der Waals surface area contributed by atoms with Gasteiger partial charge in [0.1, 0.15) is 10.0 Å². The molecule has 3 aromatic rings. The van der Waals surface area contributed by atoms with E-state index in [-0.39, 0.29) is 11.8 Å². The third kappa shape index (κ3) is 4.61. The van der Waals surface area contributed by atoms with Crippen molar-refractivity contribution in [2.75, 3.05) is 18.4 Å². The Hall–Kier alpha value is -2.64. The van der Waals surface area contributed by atoms with E-state index in [9.17, 15) is 4.79 Å². The Kier molecular flexibility index (Phi) is 5.73. The number of pyridine rings is 1. The van der Waals surface area contributed by atoms with Gasteiger partial charge in [0, 0.05) is 36.1 Å². The molecule has 2 aromatic heterocycles. The second kappa shape index (κ2) is 8.58. The molecule has 1 aliphatic rings. The Morgan fingerprint density at radius 1 is 1.21 bits per heavy atom. The van der Waals surface area contributed by atoms with Gasteiger partial charge >= 0.3 is 0 Å². The highest BCUT2D eigenvalue weighted by molar-refractivity contribution is 7.14. The molecule has 3 heterocycles. The van der Waals surface area contributed by atoms with E-state index in [1.54, 1.807) is 17.5 Å². The zero-order valence-corrected chi connectivity index (χ0v) is 16.7. The van der Waals surface area contributed by atoms with Gasteiger partial charge in [0.25, 0.3) is 0 Å². The van der Waals surface area contributed by atoms with Crippen LogP contribution in [0.2, 0.25) is 0 Å². The summed E-state index contributed by atoms with van der Waals surface area (Å²) in [5.74, 6) is 0.157. The van der Waals surface area contributed by atoms with Crippen LogP contribution in [0.4, 0.5) is 5.69 Å². The summed E-state index contributed by atoms with van der Waals surface area (Å²) >= 11 is 1.55. The third-order valence-corrected chi connectivity index (χ3v) is 5.88. The highest BCUT2D eigenvalue weighted by Gasteiger charge is 2.25. The van der Waals surface area contributed by atoms with Gasteiger partial charge in [0.2, 0.25) is 5.91 Å². The number of hydrogen-bond acceptors (Lipinski definition) is 6. The lowest BCUT2D eigenvalue weighted by atomic mass is 9.95. The minimum atomic E-state index is 0.0533. The van der Waals surface area contributed by atoms with Crippen molar-refractivity contribution in [3.05, 3.63) is 59.4 Å². The number of aromatic nitrogens is 3. The number of nitrogens with one attached hydrogen (secondary N) is 1. The van der Waals surface area contributed by atoms with Crippen molar-refractivity contribution >= 4 is 22.9 Å². The molecule has 1 aliphatic heterocycles. The Labute approximate surface area is 168 Å². The molecular weight excluding hydrogens is 370 g/mol. The minimum absolute atomic E-state index is 0.0533. The number of amides is 1. The Bertz CT molecular complexity index is 935. The number of carbonyl (C=O) groups is 1. The lowest BCUT2D eigenvalue weighted by Crippen LogP contribution is -2.37. The van der Waals surface area contributed by atoms with Crippen LogP contribution in [0.15, 0.2) is 48.8 Å². The first-order valence-corrected chi connectivity index (χ1v) is 10.3. The first kappa shape index (κ1) is 18.7. The highest BCUT2D eigenvalue weighted by atomic mass is 32.1. The average molecular weight is 394 g/mol. The van der Waals surface area contributed by atoms with Gasteiger partial charge in [-0.1, -0.05) is 29.5 Å². The number of anilines is 1. The van der Waals surface area contributed by atoms with E-state index in [1.807, 2.05) is 43.5 Å². The zero-order valence-electron chi connectivity index (χ0n) is 15.8. The largest absolute Gasteiger partial charge is 0.326 e. The summed E-state index contributed by atoms with van der Waals surface area (Å²) in [7, 11) is 0. The van der Waals surface area contributed by atoms with Crippen LogP contribution in [0.25, 0.3) is 10.6 Å². The quantitative estimate of drug-likeness (QED) is 0.715. The summed E-state index contributed by atoms with van der Waals surface area (Å²) in [6, 6.07) is 11.9. The standard InChI is InChI=1S/C21H23N5OS/c1-15-24-25-21(28-15)18-5-2-6-19(12-18)23-20(27)17-7-10-26(11-8-17)14-16-4-3-9-22-13-16/h2-6,9,12-13,17H,7-8,10-11,14H2,1H3,(H,23,27). The first-order chi connectivity index (χ1) is 13.7. The lowest BCUT2D eigenvalue weighted by molar-refractivity contribution is -0.121. The number of hydrogen-bond donors (Lipinski definition) is 1. The molecule has 0 bridgehead atoms. The van der Waals surface area contributed by atoms with Gasteiger partial charge in [0.05, 0.1) is 0 Å². The summed E-state index contributed by atoms with van der Waals surface area (Å²) in [4.78, 5) is 19.3. The summed E-state index contributed by atoms with van der Waals surface area (Å²) < 4.78 is 0. The van der Waals surface area contributed by atoms with E-state index in [0.29, 0.717) is 0 Å². The molecule has 4 rings (SSSR count). The van der Waals surface area contributed by atoms with Crippen molar-refractivity contribution in [2.45, 2.75) is 26.3 Å². The van der Waals surface area contributed by atoms with E-state index in [2.05, 4.69) is 31.5 Å². The fourth-order valence-electron chi connectivity index (χ4n) is 3.49. The van der Waals surface area contributed by atoms with Gasteiger partial charge in [-0.25, -0.2) is 0 Å². The summed E-state index contributed by atoms with van der Waals surface area (Å²) in [5, 5.41) is 13.1. The van der Waals surface area contributed by atoms with Gasteiger partial charge in [-0.3, -0.25) is 14.7 Å². The molecule has 6 nitrogen and oxygen atoms in total. The molecule has 1 saturated heterocycles. The molecule has 0 saturated carbocycles. The first-order valence-electron chi connectivity index (χ1n) is 9.50. The van der Waals surface area contributed by atoms with Gasteiger partial charge < -0.3 is 5.32 Å². The van der Waals surface area contributed by atoms with Crippen LogP contribution < -0.4 is 5.32 Å². The third-order valence-electron chi connectivity index (χ3n) is 4.99. The molecule has 0 spiro atoms. The molecule has 144 valence electrons. The molecule has 28 heavy (non-hydrogen) atoms. The Balaban J connectivity index is 1.32. The predicted octanol–water partition coefficient (Wildman–Crippen LogP) is 3.76. The van der Waals surface area contributed by atoms with Gasteiger partial charge in [0.15, 0.2) is 0 Å². The highest BCUT2D eigenvalue weighted by Crippen LogP contribution is 2.26. The maximum absolute atomic E-state index is 12.7. The van der Waals surface area contributed by atoms with Gasteiger partial charge in [-0.05, 0) is 56.6 Å². The van der Waals surface area contributed by atoms with E-state index in [0.717, 1.165) is 53.7 Å².